The van der Waals surface area contributed by atoms with Gasteiger partial charge in [0.25, 0.3) is 0 Å². The van der Waals surface area contributed by atoms with E-state index >= 15 is 0 Å². The molecule has 2 N–H and O–H groups in total. The lowest BCUT2D eigenvalue weighted by Crippen LogP contribution is -2.62. The maximum absolute atomic E-state index is 12.9. The minimum absolute atomic E-state index is 0.0413. The SMILES string of the molecule is CC(=O)OCC(=O)[C@@]1(O)CC[C@H]2[C@@H]3CCC4=CC(=O)CCC4(C)[C@H]3[C@@H](O)C[C@@]21C. The average Bonchev–Trinajstić information content (AvgIpc) is 2.91. The number of carbonyl (C=O) groups excluding carboxylic acids is 3. The Kier molecular flexibility index (Phi) is 4.82. The van der Waals surface area contributed by atoms with Crippen LogP contribution in [0.25, 0.3) is 0 Å². The third-order valence-electron chi connectivity index (χ3n) is 8.92. The monoisotopic (exact) mass is 404 g/mol. The van der Waals surface area contributed by atoms with Gasteiger partial charge in [0.15, 0.2) is 12.4 Å². The molecule has 4 rings (SSSR count). The van der Waals surface area contributed by atoms with Crippen molar-refractivity contribution in [1.82, 2.24) is 0 Å². The standard InChI is InChI=1S/C23H32O6/c1-13(24)29-12-19(27)23(28)9-7-17-16-5-4-14-10-15(25)6-8-21(14,2)20(16)18(26)11-22(17,23)3/h10,16-18,20,26,28H,4-9,11-12H2,1-3H3/t16-,17-,18-,20+,21?,22-,23-/m0/s1. The highest BCUT2D eigenvalue weighted by atomic mass is 16.5. The number of ketones is 2. The Bertz CT molecular complexity index is 786. The fraction of sp³-hybridized carbons (Fsp3) is 0.783. The largest absolute Gasteiger partial charge is 0.458 e. The van der Waals surface area contributed by atoms with E-state index in [1.54, 1.807) is 6.08 Å². The van der Waals surface area contributed by atoms with Crippen molar-refractivity contribution in [3.63, 3.8) is 0 Å². The quantitative estimate of drug-likeness (QED) is 0.701. The van der Waals surface area contributed by atoms with E-state index in [4.69, 9.17) is 4.74 Å². The van der Waals surface area contributed by atoms with E-state index in [2.05, 4.69) is 6.92 Å². The lowest BCUT2D eigenvalue weighted by atomic mass is 9.45. The van der Waals surface area contributed by atoms with E-state index in [0.717, 1.165) is 31.3 Å². The molecule has 6 heteroatoms. The summed E-state index contributed by atoms with van der Waals surface area (Å²) in [5.74, 6) is -0.462. The number of fused-ring (bicyclic) bond motifs is 5. The van der Waals surface area contributed by atoms with Crippen LogP contribution in [0.5, 0.6) is 0 Å². The summed E-state index contributed by atoms with van der Waals surface area (Å²) in [5, 5.41) is 22.8. The molecule has 1 unspecified atom stereocenters. The zero-order valence-corrected chi connectivity index (χ0v) is 17.6. The van der Waals surface area contributed by atoms with Crippen LogP contribution in [0.4, 0.5) is 0 Å². The molecule has 0 heterocycles. The third kappa shape index (κ3) is 2.86. The van der Waals surface area contributed by atoms with Crippen LogP contribution in [0.15, 0.2) is 11.6 Å². The smallest absolute Gasteiger partial charge is 0.303 e. The number of aliphatic hydroxyl groups excluding tert-OH is 1. The van der Waals surface area contributed by atoms with Crippen molar-refractivity contribution in [2.45, 2.75) is 77.4 Å². The van der Waals surface area contributed by atoms with Gasteiger partial charge in [0.2, 0.25) is 5.78 Å². The second-order valence-corrected chi connectivity index (χ2v) is 10.2. The number of esters is 1. The molecule has 0 spiro atoms. The molecule has 29 heavy (non-hydrogen) atoms. The Morgan fingerprint density at radius 2 is 1.93 bits per heavy atom. The second kappa shape index (κ2) is 6.74. The van der Waals surface area contributed by atoms with Crippen molar-refractivity contribution < 1.29 is 29.3 Å². The molecule has 4 aliphatic rings. The summed E-state index contributed by atoms with van der Waals surface area (Å²) in [6, 6.07) is 0. The summed E-state index contributed by atoms with van der Waals surface area (Å²) in [7, 11) is 0. The zero-order chi connectivity index (χ0) is 21.2. The summed E-state index contributed by atoms with van der Waals surface area (Å²) >= 11 is 0. The Morgan fingerprint density at radius 3 is 2.62 bits per heavy atom. The van der Waals surface area contributed by atoms with Crippen LogP contribution >= 0.6 is 0 Å². The summed E-state index contributed by atoms with van der Waals surface area (Å²) in [5.41, 5.74) is -1.36. The van der Waals surface area contributed by atoms with Gasteiger partial charge in [-0.15, -0.1) is 0 Å². The van der Waals surface area contributed by atoms with Crippen LogP contribution in [-0.2, 0) is 19.1 Å². The molecule has 3 fully saturated rings. The molecule has 0 aliphatic heterocycles. The van der Waals surface area contributed by atoms with Gasteiger partial charge in [-0.05, 0) is 67.8 Å². The lowest BCUT2D eigenvalue weighted by molar-refractivity contribution is -0.184. The molecular weight excluding hydrogens is 372 g/mol. The highest BCUT2D eigenvalue weighted by molar-refractivity contribution is 5.92. The second-order valence-electron chi connectivity index (χ2n) is 10.2. The summed E-state index contributed by atoms with van der Waals surface area (Å²) in [6.45, 7) is 4.92. The van der Waals surface area contributed by atoms with Gasteiger partial charge in [-0.3, -0.25) is 14.4 Å². The first kappa shape index (κ1) is 20.7. The van der Waals surface area contributed by atoms with Crippen LogP contribution < -0.4 is 0 Å². The normalized spacial score (nSPS) is 46.2. The Morgan fingerprint density at radius 1 is 1.21 bits per heavy atom. The average molecular weight is 405 g/mol. The molecule has 0 aromatic carbocycles. The number of ether oxygens (including phenoxy) is 1. The van der Waals surface area contributed by atoms with Crippen molar-refractivity contribution in [3.8, 4) is 0 Å². The molecule has 0 aromatic heterocycles. The Labute approximate surface area is 171 Å². The molecule has 0 amide bonds. The summed E-state index contributed by atoms with van der Waals surface area (Å²) in [6.07, 6.45) is 5.54. The molecule has 0 radical (unpaired) electrons. The van der Waals surface area contributed by atoms with Crippen LogP contribution in [0.1, 0.15) is 65.7 Å². The molecule has 6 nitrogen and oxygen atoms in total. The van der Waals surface area contributed by atoms with E-state index in [1.807, 2.05) is 6.92 Å². The zero-order valence-electron chi connectivity index (χ0n) is 17.6. The summed E-state index contributed by atoms with van der Waals surface area (Å²) < 4.78 is 4.89. The number of aliphatic hydroxyl groups is 2. The number of carbonyl (C=O) groups is 3. The van der Waals surface area contributed by atoms with Crippen LogP contribution in [0.3, 0.4) is 0 Å². The topological polar surface area (TPSA) is 101 Å². The molecule has 160 valence electrons. The minimum Gasteiger partial charge on any atom is -0.458 e. The first-order valence-electron chi connectivity index (χ1n) is 10.8. The molecule has 0 bridgehead atoms. The highest BCUT2D eigenvalue weighted by Crippen LogP contribution is 2.67. The first-order valence-corrected chi connectivity index (χ1v) is 10.8. The predicted octanol–water partition coefficient (Wildman–Crippen LogP) is 2.35. The number of Topliss-reactive ketones (excluding diaryl/α,β-unsaturated/α-hetero) is 1. The number of hydrogen-bond donors (Lipinski definition) is 2. The Hall–Kier alpha value is -1.53. The van der Waals surface area contributed by atoms with Crippen molar-refractivity contribution in [2.24, 2.45) is 28.6 Å². The van der Waals surface area contributed by atoms with E-state index in [9.17, 15) is 24.6 Å². The molecule has 4 aliphatic carbocycles. The fourth-order valence-corrected chi connectivity index (χ4v) is 7.44. The highest BCUT2D eigenvalue weighted by Gasteiger charge is 2.68. The van der Waals surface area contributed by atoms with Crippen LogP contribution in [-0.4, -0.2) is 46.1 Å². The van der Waals surface area contributed by atoms with E-state index in [0.29, 0.717) is 19.3 Å². The van der Waals surface area contributed by atoms with Crippen molar-refractivity contribution in [3.05, 3.63) is 11.6 Å². The fourth-order valence-electron chi connectivity index (χ4n) is 7.44. The molecule has 0 aromatic rings. The number of allylic oxidation sites excluding steroid dienone is 1. The first-order chi connectivity index (χ1) is 13.5. The number of hydrogen-bond acceptors (Lipinski definition) is 6. The minimum atomic E-state index is -1.58. The Balaban J connectivity index is 1.65. The van der Waals surface area contributed by atoms with Crippen LogP contribution in [0, 0.1) is 28.6 Å². The molecular formula is C23H32O6. The van der Waals surface area contributed by atoms with Gasteiger partial charge in [0.05, 0.1) is 6.10 Å². The van der Waals surface area contributed by atoms with Gasteiger partial charge < -0.3 is 14.9 Å². The van der Waals surface area contributed by atoms with Gasteiger partial charge in [0.1, 0.15) is 5.60 Å². The number of rotatable bonds is 3. The van der Waals surface area contributed by atoms with Crippen molar-refractivity contribution in [1.29, 1.82) is 0 Å². The molecule has 7 atom stereocenters. The van der Waals surface area contributed by atoms with Crippen LogP contribution in [0.2, 0.25) is 0 Å². The van der Waals surface area contributed by atoms with E-state index in [-0.39, 0.29) is 29.0 Å². The summed E-state index contributed by atoms with van der Waals surface area (Å²) in [4.78, 5) is 36.0. The van der Waals surface area contributed by atoms with Gasteiger partial charge in [-0.2, -0.15) is 0 Å². The predicted molar refractivity (Wildman–Crippen MR) is 105 cm³/mol. The molecule has 0 saturated heterocycles. The maximum atomic E-state index is 12.9. The van der Waals surface area contributed by atoms with Crippen molar-refractivity contribution >= 4 is 17.5 Å². The van der Waals surface area contributed by atoms with Gasteiger partial charge >= 0.3 is 5.97 Å². The van der Waals surface area contributed by atoms with Gasteiger partial charge in [0, 0.05) is 18.8 Å². The van der Waals surface area contributed by atoms with Crippen molar-refractivity contribution in [2.75, 3.05) is 6.61 Å². The van der Waals surface area contributed by atoms with E-state index in [1.165, 1.54) is 6.92 Å². The maximum Gasteiger partial charge on any atom is 0.303 e. The van der Waals surface area contributed by atoms with Gasteiger partial charge in [-0.1, -0.05) is 19.4 Å². The van der Waals surface area contributed by atoms with Gasteiger partial charge in [-0.25, -0.2) is 0 Å². The lowest BCUT2D eigenvalue weighted by Gasteiger charge is -2.60. The van der Waals surface area contributed by atoms with E-state index < -0.39 is 35.5 Å². The third-order valence-corrected chi connectivity index (χ3v) is 8.92. The molecule has 3 saturated carbocycles.